The molecule has 4 N–H and O–H groups in total. The van der Waals surface area contributed by atoms with Crippen molar-refractivity contribution in [3.63, 3.8) is 0 Å². The van der Waals surface area contributed by atoms with Crippen molar-refractivity contribution < 1.29 is 4.79 Å². The Morgan fingerprint density at radius 1 is 1.46 bits per heavy atom. The van der Waals surface area contributed by atoms with Crippen molar-refractivity contribution in [2.45, 2.75) is 38.9 Å². The molecule has 0 spiro atoms. The molecule has 2 aromatic rings. The zero-order chi connectivity index (χ0) is 17.3. The number of nitrogens with one attached hydrogen (secondary N) is 2. The van der Waals surface area contributed by atoms with Gasteiger partial charge in [0.1, 0.15) is 0 Å². The van der Waals surface area contributed by atoms with E-state index in [1.165, 1.54) is 11.1 Å². The maximum absolute atomic E-state index is 12.1. The highest BCUT2D eigenvalue weighted by Gasteiger charge is 2.35. The normalized spacial score (nSPS) is 21.2. The Morgan fingerprint density at radius 3 is 3.00 bits per heavy atom. The predicted octanol–water partition coefficient (Wildman–Crippen LogP) is 1.34. The molecule has 0 bridgehead atoms. The molecule has 2 atom stereocenters. The van der Waals surface area contributed by atoms with Gasteiger partial charge >= 0.3 is 0 Å². The minimum absolute atomic E-state index is 0.0275. The highest BCUT2D eigenvalue weighted by molar-refractivity contribution is 5.82. The summed E-state index contributed by atoms with van der Waals surface area (Å²) < 4.78 is 0. The molecule has 0 saturated carbocycles. The molecular formula is C18H25N5O. The molecule has 0 aliphatic carbocycles. The smallest absolute Gasteiger partial charge is 0.237 e. The number of amides is 1. The first kappa shape index (κ1) is 16.7. The van der Waals surface area contributed by atoms with Gasteiger partial charge in [0.2, 0.25) is 5.91 Å². The predicted molar refractivity (Wildman–Crippen MR) is 94.4 cm³/mol. The molecule has 1 aliphatic heterocycles. The molecular weight excluding hydrogens is 302 g/mol. The SMILES string of the molecule is CNC(=O)[C@@H]1C[C@@H](N)CN1Cc1cn[nH]c1-c1cc(C)ccc1C. The van der Waals surface area contributed by atoms with Gasteiger partial charge in [0.05, 0.1) is 17.9 Å². The Labute approximate surface area is 142 Å². The first-order valence-electron chi connectivity index (χ1n) is 8.30. The van der Waals surface area contributed by atoms with Crippen LogP contribution < -0.4 is 11.1 Å². The first-order valence-corrected chi connectivity index (χ1v) is 8.30. The fourth-order valence-corrected chi connectivity index (χ4v) is 3.44. The molecule has 1 aromatic carbocycles. The van der Waals surface area contributed by atoms with Crippen LogP contribution in [0.2, 0.25) is 0 Å². The number of aromatic amines is 1. The van der Waals surface area contributed by atoms with Crippen LogP contribution in [0.1, 0.15) is 23.1 Å². The lowest BCUT2D eigenvalue weighted by Crippen LogP contribution is -2.41. The summed E-state index contributed by atoms with van der Waals surface area (Å²) >= 11 is 0. The fourth-order valence-electron chi connectivity index (χ4n) is 3.44. The van der Waals surface area contributed by atoms with Gasteiger partial charge in [-0.1, -0.05) is 17.7 Å². The Kier molecular flexibility index (Phi) is 4.69. The third-order valence-corrected chi connectivity index (χ3v) is 4.74. The molecule has 1 aliphatic rings. The molecule has 6 heteroatoms. The first-order chi connectivity index (χ1) is 11.5. The van der Waals surface area contributed by atoms with Crippen LogP contribution in [0, 0.1) is 13.8 Å². The van der Waals surface area contributed by atoms with E-state index in [1.54, 1.807) is 7.05 Å². The third kappa shape index (κ3) is 3.20. The second kappa shape index (κ2) is 6.75. The van der Waals surface area contributed by atoms with Crippen LogP contribution in [0.4, 0.5) is 0 Å². The lowest BCUT2D eigenvalue weighted by atomic mass is 10.00. The van der Waals surface area contributed by atoms with Crippen molar-refractivity contribution in [2.24, 2.45) is 5.73 Å². The van der Waals surface area contributed by atoms with E-state index in [2.05, 4.69) is 52.5 Å². The Balaban J connectivity index is 1.88. The fraction of sp³-hybridized carbons (Fsp3) is 0.444. The van der Waals surface area contributed by atoms with E-state index in [0.717, 1.165) is 23.4 Å². The number of hydrogen-bond donors (Lipinski definition) is 3. The van der Waals surface area contributed by atoms with Gasteiger partial charge in [-0.2, -0.15) is 5.10 Å². The molecule has 3 rings (SSSR count). The van der Waals surface area contributed by atoms with Crippen molar-refractivity contribution in [3.8, 4) is 11.3 Å². The zero-order valence-electron chi connectivity index (χ0n) is 14.5. The Bertz CT molecular complexity index is 739. The third-order valence-electron chi connectivity index (χ3n) is 4.74. The summed E-state index contributed by atoms with van der Waals surface area (Å²) in [5.74, 6) is 0.0275. The number of nitrogens with zero attached hydrogens (tertiary/aromatic N) is 2. The topological polar surface area (TPSA) is 87.0 Å². The highest BCUT2D eigenvalue weighted by Crippen LogP contribution is 2.28. The maximum atomic E-state index is 12.1. The van der Waals surface area contributed by atoms with Crippen molar-refractivity contribution in [1.29, 1.82) is 0 Å². The summed E-state index contributed by atoms with van der Waals surface area (Å²) in [6.07, 6.45) is 2.54. The van der Waals surface area contributed by atoms with Crippen LogP contribution in [0.3, 0.4) is 0 Å². The van der Waals surface area contributed by atoms with Gasteiger partial charge in [-0.3, -0.25) is 14.8 Å². The van der Waals surface area contributed by atoms with Crippen LogP contribution in [-0.2, 0) is 11.3 Å². The van der Waals surface area contributed by atoms with Crippen molar-refractivity contribution >= 4 is 5.91 Å². The summed E-state index contributed by atoms with van der Waals surface area (Å²) in [5.41, 5.74) is 11.8. The van der Waals surface area contributed by atoms with Crippen LogP contribution >= 0.6 is 0 Å². The molecule has 1 aromatic heterocycles. The van der Waals surface area contributed by atoms with E-state index in [9.17, 15) is 4.79 Å². The molecule has 1 saturated heterocycles. The number of carbonyl (C=O) groups is 1. The van der Waals surface area contributed by atoms with Crippen molar-refractivity contribution in [1.82, 2.24) is 20.4 Å². The number of aryl methyl sites for hydroxylation is 2. The number of rotatable bonds is 4. The van der Waals surface area contributed by atoms with Crippen LogP contribution in [-0.4, -0.2) is 46.7 Å². The molecule has 2 heterocycles. The number of carbonyl (C=O) groups excluding carboxylic acids is 1. The highest BCUT2D eigenvalue weighted by atomic mass is 16.2. The summed E-state index contributed by atoms with van der Waals surface area (Å²) in [6, 6.07) is 6.25. The van der Waals surface area contributed by atoms with E-state index in [-0.39, 0.29) is 18.0 Å². The summed E-state index contributed by atoms with van der Waals surface area (Å²) in [5, 5.41) is 10.1. The summed E-state index contributed by atoms with van der Waals surface area (Å²) in [6.45, 7) is 5.55. The largest absolute Gasteiger partial charge is 0.358 e. The van der Waals surface area contributed by atoms with Crippen LogP contribution in [0.5, 0.6) is 0 Å². The van der Waals surface area contributed by atoms with E-state index in [1.807, 2.05) is 6.20 Å². The van der Waals surface area contributed by atoms with Gasteiger partial charge in [0.25, 0.3) is 0 Å². The van der Waals surface area contributed by atoms with E-state index in [0.29, 0.717) is 13.0 Å². The number of likely N-dealkylation sites (N-methyl/N-ethyl adjacent to an activating group) is 1. The minimum Gasteiger partial charge on any atom is -0.358 e. The molecule has 1 amide bonds. The van der Waals surface area contributed by atoms with Crippen LogP contribution in [0.15, 0.2) is 24.4 Å². The number of H-pyrrole nitrogens is 1. The molecule has 128 valence electrons. The van der Waals surface area contributed by atoms with E-state index in [4.69, 9.17) is 5.73 Å². The molecule has 0 unspecified atom stereocenters. The molecule has 24 heavy (non-hydrogen) atoms. The lowest BCUT2D eigenvalue weighted by Gasteiger charge is -2.23. The summed E-state index contributed by atoms with van der Waals surface area (Å²) in [4.78, 5) is 14.3. The van der Waals surface area contributed by atoms with Gasteiger partial charge in [-0.05, 0) is 31.9 Å². The van der Waals surface area contributed by atoms with Crippen molar-refractivity contribution in [2.75, 3.05) is 13.6 Å². The number of nitrogens with two attached hydrogens (primary N) is 1. The monoisotopic (exact) mass is 327 g/mol. The molecule has 1 fully saturated rings. The van der Waals surface area contributed by atoms with Gasteiger partial charge < -0.3 is 11.1 Å². The number of benzene rings is 1. The maximum Gasteiger partial charge on any atom is 0.237 e. The number of aromatic nitrogens is 2. The molecule has 6 nitrogen and oxygen atoms in total. The number of likely N-dealkylation sites (tertiary alicyclic amines) is 1. The summed E-state index contributed by atoms with van der Waals surface area (Å²) in [7, 11) is 1.67. The van der Waals surface area contributed by atoms with Gasteiger partial charge in [0.15, 0.2) is 0 Å². The second-order valence-corrected chi connectivity index (χ2v) is 6.64. The number of hydrogen-bond acceptors (Lipinski definition) is 4. The van der Waals surface area contributed by atoms with E-state index < -0.39 is 0 Å². The average Bonchev–Trinajstić information content (AvgIpc) is 3.16. The van der Waals surface area contributed by atoms with Crippen molar-refractivity contribution in [3.05, 3.63) is 41.1 Å². The van der Waals surface area contributed by atoms with Gasteiger partial charge in [-0.15, -0.1) is 0 Å². The molecule has 0 radical (unpaired) electrons. The second-order valence-electron chi connectivity index (χ2n) is 6.64. The van der Waals surface area contributed by atoms with E-state index >= 15 is 0 Å². The quantitative estimate of drug-likeness (QED) is 0.791. The van der Waals surface area contributed by atoms with Gasteiger partial charge in [-0.25, -0.2) is 0 Å². The zero-order valence-corrected chi connectivity index (χ0v) is 14.5. The standard InChI is InChI=1S/C18H25N5O/c1-11-4-5-12(2)15(6-11)17-13(8-21-22-17)9-23-10-14(19)7-16(23)18(24)20-3/h4-6,8,14,16H,7,9-10,19H2,1-3H3,(H,20,24)(H,21,22)/t14-,16+/m1/s1. The minimum atomic E-state index is -0.175. The Hall–Kier alpha value is -2.18. The van der Waals surface area contributed by atoms with Crippen LogP contribution in [0.25, 0.3) is 11.3 Å². The lowest BCUT2D eigenvalue weighted by molar-refractivity contribution is -0.125. The Morgan fingerprint density at radius 2 is 2.25 bits per heavy atom. The average molecular weight is 327 g/mol. The van der Waals surface area contributed by atoms with Gasteiger partial charge in [0, 0.05) is 37.3 Å².